The maximum atomic E-state index is 10.7. The number of ketones is 1. The lowest BCUT2D eigenvalue weighted by atomic mass is 10.2. The second-order valence-corrected chi connectivity index (χ2v) is 2.89. The van der Waals surface area contributed by atoms with Gasteiger partial charge in [0.15, 0.2) is 12.1 Å². The first-order chi connectivity index (χ1) is 6.15. The van der Waals surface area contributed by atoms with Crippen LogP contribution in [0.1, 0.15) is 19.8 Å². The van der Waals surface area contributed by atoms with Crippen LogP contribution in [0.25, 0.3) is 0 Å². The van der Waals surface area contributed by atoms with E-state index in [1.807, 2.05) is 0 Å². The van der Waals surface area contributed by atoms with Crippen molar-refractivity contribution in [1.29, 1.82) is 0 Å². The first kappa shape index (κ1) is 12.6. The maximum Gasteiger partial charge on any atom is 0.158 e. The highest BCUT2D eigenvalue weighted by Gasteiger charge is 2.27. The Hall–Kier alpha value is -0.450. The Morgan fingerprint density at radius 1 is 1.31 bits per heavy atom. The summed E-state index contributed by atoms with van der Waals surface area (Å²) in [7, 11) is 4.84. The highest BCUT2D eigenvalue weighted by molar-refractivity contribution is 5.80. The minimum Gasteiger partial charge on any atom is -0.388 e. The Morgan fingerprint density at radius 3 is 2.08 bits per heavy atom. The van der Waals surface area contributed by atoms with E-state index in [1.165, 1.54) is 0 Å². The SMILES string of the molecule is COC.COC1CCC(C(C)=O)O1. The van der Waals surface area contributed by atoms with Gasteiger partial charge in [-0.1, -0.05) is 0 Å². The summed E-state index contributed by atoms with van der Waals surface area (Å²) in [5, 5.41) is 0. The molecule has 0 saturated carbocycles. The van der Waals surface area contributed by atoms with Crippen LogP contribution in [0.15, 0.2) is 0 Å². The smallest absolute Gasteiger partial charge is 0.158 e. The first-order valence-corrected chi connectivity index (χ1v) is 4.24. The van der Waals surface area contributed by atoms with E-state index >= 15 is 0 Å². The molecule has 4 nitrogen and oxygen atoms in total. The summed E-state index contributed by atoms with van der Waals surface area (Å²) in [5.74, 6) is 0.0968. The lowest BCUT2D eigenvalue weighted by molar-refractivity contribution is -0.144. The average Bonchev–Trinajstić information content (AvgIpc) is 2.53. The van der Waals surface area contributed by atoms with Gasteiger partial charge in [-0.2, -0.15) is 0 Å². The molecule has 1 aliphatic rings. The molecule has 0 aromatic rings. The second kappa shape index (κ2) is 7.00. The average molecular weight is 190 g/mol. The molecule has 4 heteroatoms. The highest BCUT2D eigenvalue weighted by Crippen LogP contribution is 2.20. The Bertz CT molecular complexity index is 147. The normalized spacial score (nSPS) is 26.5. The molecule has 0 radical (unpaired) electrons. The Balaban J connectivity index is 0.000000424. The predicted octanol–water partition coefficient (Wildman–Crippen LogP) is 0.990. The first-order valence-electron chi connectivity index (χ1n) is 4.24. The highest BCUT2D eigenvalue weighted by atomic mass is 16.7. The number of carbonyl (C=O) groups is 1. The van der Waals surface area contributed by atoms with Crippen LogP contribution in [0.5, 0.6) is 0 Å². The molecule has 1 fully saturated rings. The molecule has 1 rings (SSSR count). The Labute approximate surface area is 79.2 Å². The van der Waals surface area contributed by atoms with Crippen molar-refractivity contribution in [2.45, 2.75) is 32.2 Å². The van der Waals surface area contributed by atoms with Crippen LogP contribution >= 0.6 is 0 Å². The number of hydrogen-bond donors (Lipinski definition) is 0. The van der Waals surface area contributed by atoms with Gasteiger partial charge in [0.05, 0.1) is 0 Å². The molecule has 78 valence electrons. The Kier molecular flexibility index (Phi) is 6.76. The van der Waals surface area contributed by atoms with E-state index in [0.717, 1.165) is 12.8 Å². The molecule has 1 aliphatic heterocycles. The summed E-state index contributed by atoms with van der Waals surface area (Å²) >= 11 is 0. The summed E-state index contributed by atoms with van der Waals surface area (Å²) in [6.07, 6.45) is 1.26. The predicted molar refractivity (Wildman–Crippen MR) is 48.5 cm³/mol. The molecule has 13 heavy (non-hydrogen) atoms. The van der Waals surface area contributed by atoms with Crippen LogP contribution in [-0.2, 0) is 19.0 Å². The van der Waals surface area contributed by atoms with Crippen LogP contribution in [0.4, 0.5) is 0 Å². The summed E-state index contributed by atoms with van der Waals surface area (Å²) in [5.41, 5.74) is 0. The van der Waals surface area contributed by atoms with Gasteiger partial charge in [-0.25, -0.2) is 0 Å². The van der Waals surface area contributed by atoms with E-state index in [4.69, 9.17) is 9.47 Å². The van der Waals surface area contributed by atoms with Gasteiger partial charge in [-0.3, -0.25) is 4.79 Å². The minimum atomic E-state index is -0.218. The molecule has 0 aromatic carbocycles. The fourth-order valence-corrected chi connectivity index (χ4v) is 1.08. The minimum absolute atomic E-state index is 0.0968. The van der Waals surface area contributed by atoms with Gasteiger partial charge in [0.2, 0.25) is 0 Å². The number of hydrogen-bond acceptors (Lipinski definition) is 4. The topological polar surface area (TPSA) is 44.8 Å². The molecule has 0 spiro atoms. The Morgan fingerprint density at radius 2 is 1.85 bits per heavy atom. The van der Waals surface area contributed by atoms with Gasteiger partial charge in [-0.05, 0) is 13.3 Å². The zero-order chi connectivity index (χ0) is 10.3. The fourth-order valence-electron chi connectivity index (χ4n) is 1.08. The van der Waals surface area contributed by atoms with Crippen molar-refractivity contribution in [3.05, 3.63) is 0 Å². The standard InChI is InChI=1S/C7H12O3.C2H6O/c1-5(8)6-3-4-7(9-2)10-6;1-3-2/h6-7H,3-4H2,1-2H3;1-2H3. The largest absolute Gasteiger partial charge is 0.388 e. The molecule has 0 aromatic heterocycles. The van der Waals surface area contributed by atoms with E-state index < -0.39 is 0 Å². The number of Topliss-reactive ketones (excluding diaryl/α,β-unsaturated/α-hetero) is 1. The molecule has 0 aliphatic carbocycles. The zero-order valence-corrected chi connectivity index (χ0v) is 8.70. The van der Waals surface area contributed by atoms with Crippen molar-refractivity contribution >= 4 is 5.78 Å². The van der Waals surface area contributed by atoms with Crippen LogP contribution < -0.4 is 0 Å². The number of ether oxygens (including phenoxy) is 3. The van der Waals surface area contributed by atoms with Crippen molar-refractivity contribution in [1.82, 2.24) is 0 Å². The molecular weight excluding hydrogens is 172 g/mol. The molecule has 2 unspecified atom stereocenters. The molecule has 2 atom stereocenters. The van der Waals surface area contributed by atoms with Crippen molar-refractivity contribution in [2.24, 2.45) is 0 Å². The van der Waals surface area contributed by atoms with E-state index in [-0.39, 0.29) is 18.2 Å². The van der Waals surface area contributed by atoms with E-state index in [1.54, 1.807) is 28.3 Å². The summed E-state index contributed by atoms with van der Waals surface area (Å²) in [6, 6.07) is 0. The number of carbonyl (C=O) groups excluding carboxylic acids is 1. The third-order valence-electron chi connectivity index (χ3n) is 1.70. The van der Waals surface area contributed by atoms with E-state index in [2.05, 4.69) is 4.74 Å². The third-order valence-corrected chi connectivity index (χ3v) is 1.70. The van der Waals surface area contributed by atoms with Gasteiger partial charge in [-0.15, -0.1) is 0 Å². The molecule has 1 heterocycles. The fraction of sp³-hybridized carbons (Fsp3) is 0.889. The zero-order valence-electron chi connectivity index (χ0n) is 8.70. The summed E-state index contributed by atoms with van der Waals surface area (Å²) < 4.78 is 14.4. The van der Waals surface area contributed by atoms with Crippen molar-refractivity contribution < 1.29 is 19.0 Å². The monoisotopic (exact) mass is 190 g/mol. The van der Waals surface area contributed by atoms with Gasteiger partial charge in [0, 0.05) is 27.8 Å². The van der Waals surface area contributed by atoms with Crippen molar-refractivity contribution in [3.8, 4) is 0 Å². The lowest BCUT2D eigenvalue weighted by Gasteiger charge is -2.08. The molecular formula is C9H18O4. The van der Waals surface area contributed by atoms with Crippen LogP contribution in [0.2, 0.25) is 0 Å². The summed E-state index contributed by atoms with van der Waals surface area (Å²) in [6.45, 7) is 1.54. The van der Waals surface area contributed by atoms with Gasteiger partial charge < -0.3 is 14.2 Å². The number of rotatable bonds is 2. The van der Waals surface area contributed by atoms with Gasteiger partial charge in [0.1, 0.15) is 6.10 Å². The van der Waals surface area contributed by atoms with Crippen LogP contribution in [-0.4, -0.2) is 39.5 Å². The second-order valence-electron chi connectivity index (χ2n) is 2.89. The lowest BCUT2D eigenvalue weighted by Crippen LogP contribution is -2.18. The number of methoxy groups -OCH3 is 2. The van der Waals surface area contributed by atoms with Crippen LogP contribution in [0.3, 0.4) is 0 Å². The van der Waals surface area contributed by atoms with Gasteiger partial charge in [0.25, 0.3) is 0 Å². The van der Waals surface area contributed by atoms with Crippen molar-refractivity contribution in [3.63, 3.8) is 0 Å². The van der Waals surface area contributed by atoms with E-state index in [9.17, 15) is 4.79 Å². The quantitative estimate of drug-likeness (QED) is 0.651. The van der Waals surface area contributed by atoms with Gasteiger partial charge >= 0.3 is 0 Å². The van der Waals surface area contributed by atoms with Crippen LogP contribution in [0, 0.1) is 0 Å². The van der Waals surface area contributed by atoms with Crippen molar-refractivity contribution in [2.75, 3.05) is 21.3 Å². The van der Waals surface area contributed by atoms with E-state index in [0.29, 0.717) is 0 Å². The molecule has 0 amide bonds. The molecule has 0 bridgehead atoms. The summed E-state index contributed by atoms with van der Waals surface area (Å²) in [4.78, 5) is 10.7. The molecule has 0 N–H and O–H groups in total. The third kappa shape index (κ3) is 4.98. The maximum absolute atomic E-state index is 10.7. The molecule has 1 saturated heterocycles.